The molecule has 2 aromatic carbocycles. The summed E-state index contributed by atoms with van der Waals surface area (Å²) in [7, 11) is 1.33. The van der Waals surface area contributed by atoms with Crippen molar-refractivity contribution >= 4 is 11.8 Å². The zero-order chi connectivity index (χ0) is 32.1. The maximum atomic E-state index is 14.4. The second-order valence-corrected chi connectivity index (χ2v) is 9.88. The van der Waals surface area contributed by atoms with Crippen molar-refractivity contribution in [2.24, 2.45) is 0 Å². The van der Waals surface area contributed by atoms with Gasteiger partial charge in [0.25, 0.3) is 18.8 Å². The Morgan fingerprint density at radius 3 is 2.25 bits per heavy atom. The number of hydrogen-bond acceptors (Lipinski definition) is 3. The number of nitrogens with one attached hydrogen (secondary N) is 2. The van der Waals surface area contributed by atoms with Gasteiger partial charge in [-0.1, -0.05) is 19.1 Å². The van der Waals surface area contributed by atoms with Gasteiger partial charge in [0, 0.05) is 36.6 Å². The van der Waals surface area contributed by atoms with Crippen LogP contribution in [0.5, 0.6) is 0 Å². The molecule has 0 spiro atoms. The van der Waals surface area contributed by atoms with Crippen LogP contribution in [-0.4, -0.2) is 28.4 Å². The van der Waals surface area contributed by atoms with E-state index in [4.69, 9.17) is 0 Å². The predicted octanol–water partition coefficient (Wildman–Crippen LogP) is 7.25. The van der Waals surface area contributed by atoms with Crippen molar-refractivity contribution in [2.45, 2.75) is 44.7 Å². The van der Waals surface area contributed by atoms with Gasteiger partial charge in [-0.15, -0.1) is 0 Å². The third kappa shape index (κ3) is 7.09. The molecule has 0 bridgehead atoms. The third-order valence-electron chi connectivity index (χ3n) is 7.00. The fourth-order valence-corrected chi connectivity index (χ4v) is 4.98. The maximum Gasteiger partial charge on any atom is 0.278 e. The average Bonchev–Trinajstić information content (AvgIpc) is 3.42. The van der Waals surface area contributed by atoms with Gasteiger partial charge in [0.2, 0.25) is 5.91 Å². The average molecular weight is 621 g/mol. The third-order valence-corrected chi connectivity index (χ3v) is 7.00. The van der Waals surface area contributed by atoms with E-state index < -0.39 is 65.5 Å². The van der Waals surface area contributed by atoms with Crippen molar-refractivity contribution in [3.63, 3.8) is 0 Å². The summed E-state index contributed by atoms with van der Waals surface area (Å²) >= 11 is 0. The Morgan fingerprint density at radius 2 is 1.64 bits per heavy atom. The van der Waals surface area contributed by atoms with Crippen LogP contribution < -0.4 is 10.6 Å². The van der Waals surface area contributed by atoms with E-state index in [9.17, 15) is 40.3 Å². The van der Waals surface area contributed by atoms with Crippen molar-refractivity contribution in [1.29, 1.82) is 0 Å². The molecule has 44 heavy (non-hydrogen) atoms. The monoisotopic (exact) mass is 620 g/mol. The molecule has 232 valence electrons. The van der Waals surface area contributed by atoms with Crippen LogP contribution in [0.25, 0.3) is 11.1 Å². The second-order valence-electron chi connectivity index (χ2n) is 9.88. The number of benzene rings is 2. The molecule has 0 saturated heterocycles. The number of amides is 2. The highest BCUT2D eigenvalue weighted by atomic mass is 19.3. The first-order valence-electron chi connectivity index (χ1n) is 13.4. The quantitative estimate of drug-likeness (QED) is 0.174. The lowest BCUT2D eigenvalue weighted by atomic mass is 9.94. The van der Waals surface area contributed by atoms with Crippen molar-refractivity contribution in [2.75, 3.05) is 7.05 Å². The van der Waals surface area contributed by atoms with E-state index in [0.717, 1.165) is 29.0 Å². The molecule has 0 fully saturated rings. The molecular weight excluding hydrogens is 593 g/mol. The summed E-state index contributed by atoms with van der Waals surface area (Å²) in [6.45, 7) is 1.50. The minimum absolute atomic E-state index is 0.0766. The Kier molecular flexibility index (Phi) is 10.1. The van der Waals surface area contributed by atoms with Crippen molar-refractivity contribution in [3.8, 4) is 11.1 Å². The van der Waals surface area contributed by atoms with Gasteiger partial charge >= 0.3 is 0 Å². The molecule has 2 amide bonds. The molecule has 0 radical (unpaired) electrons. The normalized spacial score (nSPS) is 12.8. The van der Waals surface area contributed by atoms with Gasteiger partial charge < -0.3 is 15.2 Å². The van der Waals surface area contributed by atoms with Gasteiger partial charge in [-0.3, -0.25) is 14.6 Å². The van der Waals surface area contributed by atoms with Crippen LogP contribution in [0.1, 0.15) is 71.2 Å². The van der Waals surface area contributed by atoms with Gasteiger partial charge in [-0.2, -0.15) is 0 Å². The van der Waals surface area contributed by atoms with Crippen LogP contribution >= 0.6 is 0 Å². The van der Waals surface area contributed by atoms with E-state index in [2.05, 4.69) is 15.6 Å². The molecular formula is C31H27F7N4O2. The minimum atomic E-state index is -3.16. The smallest absolute Gasteiger partial charge is 0.278 e. The fourth-order valence-electron chi connectivity index (χ4n) is 4.98. The Bertz CT molecular complexity index is 1640. The molecule has 2 atom stereocenters. The summed E-state index contributed by atoms with van der Waals surface area (Å²) < 4.78 is 97.8. The highest BCUT2D eigenvalue weighted by molar-refractivity contribution is 5.95. The van der Waals surface area contributed by atoms with Gasteiger partial charge in [0.05, 0.1) is 23.0 Å². The number of carbonyl (C=O) groups excluding carboxylic acids is 2. The number of carbonyl (C=O) groups is 2. The molecule has 0 aliphatic heterocycles. The summed E-state index contributed by atoms with van der Waals surface area (Å²) in [6.07, 6.45) is -4.36. The molecule has 0 saturated carbocycles. The molecule has 2 heterocycles. The highest BCUT2D eigenvalue weighted by Gasteiger charge is 2.30. The van der Waals surface area contributed by atoms with Crippen LogP contribution in [0.3, 0.4) is 0 Å². The largest absolute Gasteiger partial charge is 0.355 e. The van der Waals surface area contributed by atoms with E-state index in [-0.39, 0.29) is 29.7 Å². The van der Waals surface area contributed by atoms with Gasteiger partial charge in [-0.25, -0.2) is 30.7 Å². The van der Waals surface area contributed by atoms with E-state index in [0.29, 0.717) is 23.3 Å². The zero-order valence-corrected chi connectivity index (χ0v) is 23.4. The standard InChI is InChI=1S/C31H27F7N4O2/c1-3-25(42-15-18(28(35)36)13-26(42)29(37)38)31(44)41-24(11-16-9-19(32)14-20(33)10-16)27-21(5-4-8-40-27)17-6-7-23(34)22(12-17)30(43)39-2/h4-10,12-15,24-25,28-29H,3,11H2,1-2H3,(H,39,43)(H,41,44)/t24-,25?/m0/s1. The van der Waals surface area contributed by atoms with Crippen molar-refractivity contribution < 1.29 is 40.3 Å². The molecule has 6 nitrogen and oxygen atoms in total. The first-order valence-corrected chi connectivity index (χ1v) is 13.4. The predicted molar refractivity (Wildman–Crippen MR) is 148 cm³/mol. The summed E-state index contributed by atoms with van der Waals surface area (Å²) in [5, 5.41) is 5.03. The molecule has 13 heteroatoms. The minimum Gasteiger partial charge on any atom is -0.355 e. The Labute approximate surface area is 247 Å². The van der Waals surface area contributed by atoms with E-state index >= 15 is 0 Å². The number of rotatable bonds is 11. The summed E-state index contributed by atoms with van der Waals surface area (Å²) in [5.74, 6) is -4.13. The van der Waals surface area contributed by atoms with Crippen LogP contribution in [0.4, 0.5) is 30.7 Å². The second kappa shape index (κ2) is 13.7. The summed E-state index contributed by atoms with van der Waals surface area (Å²) in [4.78, 5) is 30.3. The molecule has 1 unspecified atom stereocenters. The molecule has 4 rings (SSSR count). The van der Waals surface area contributed by atoms with E-state index in [1.807, 2.05) is 0 Å². The van der Waals surface area contributed by atoms with E-state index in [1.54, 1.807) is 6.07 Å². The maximum absolute atomic E-state index is 14.4. The van der Waals surface area contributed by atoms with Gasteiger partial charge in [0.15, 0.2) is 0 Å². The molecule has 0 aliphatic rings. The van der Waals surface area contributed by atoms with Crippen molar-refractivity contribution in [3.05, 3.63) is 113 Å². The van der Waals surface area contributed by atoms with Gasteiger partial charge in [0.1, 0.15) is 23.5 Å². The summed E-state index contributed by atoms with van der Waals surface area (Å²) in [5.41, 5.74) is -0.854. The summed E-state index contributed by atoms with van der Waals surface area (Å²) in [6, 6.07) is 7.68. The van der Waals surface area contributed by atoms with Crippen LogP contribution in [0.2, 0.25) is 0 Å². The Morgan fingerprint density at radius 1 is 0.932 bits per heavy atom. The Hall–Kier alpha value is -4.68. The first kappa shape index (κ1) is 32.2. The van der Waals surface area contributed by atoms with Crippen LogP contribution in [0, 0.1) is 17.5 Å². The van der Waals surface area contributed by atoms with Crippen molar-refractivity contribution in [1.82, 2.24) is 20.2 Å². The van der Waals surface area contributed by atoms with Crippen LogP contribution in [0.15, 0.2) is 67.0 Å². The lowest BCUT2D eigenvalue weighted by Crippen LogP contribution is -2.37. The van der Waals surface area contributed by atoms with E-state index in [1.165, 1.54) is 38.4 Å². The van der Waals surface area contributed by atoms with Gasteiger partial charge in [-0.05, 0) is 60.4 Å². The van der Waals surface area contributed by atoms with Crippen LogP contribution in [-0.2, 0) is 11.2 Å². The topological polar surface area (TPSA) is 76.0 Å². The highest BCUT2D eigenvalue weighted by Crippen LogP contribution is 2.33. The molecule has 4 aromatic rings. The number of nitrogens with zero attached hydrogens (tertiary/aromatic N) is 2. The lowest BCUT2D eigenvalue weighted by Gasteiger charge is -2.26. The Balaban J connectivity index is 1.81. The zero-order valence-electron chi connectivity index (χ0n) is 23.4. The molecule has 2 N–H and O–H groups in total. The number of halogens is 7. The molecule has 2 aromatic heterocycles. The fraction of sp³-hybridized carbons (Fsp3) is 0.258. The number of hydrogen-bond donors (Lipinski definition) is 2. The first-order chi connectivity index (χ1) is 20.9. The number of pyridine rings is 1. The molecule has 0 aliphatic carbocycles. The number of aromatic nitrogens is 2. The SMILES string of the molecule is CCC(C(=O)N[C@@H](Cc1cc(F)cc(F)c1)c1ncccc1-c1ccc(F)c(C(=O)NC)c1)n1cc(C(F)F)cc1C(F)F. The lowest BCUT2D eigenvalue weighted by molar-refractivity contribution is -0.125. The number of alkyl halides is 4.